The zero-order chi connectivity index (χ0) is 31.0. The summed E-state index contributed by atoms with van der Waals surface area (Å²) in [5.41, 5.74) is 10.7. The molecule has 0 amide bonds. The van der Waals surface area contributed by atoms with Crippen LogP contribution in [0.3, 0.4) is 0 Å². The molecule has 1 nitrogen and oxygen atoms in total. The van der Waals surface area contributed by atoms with Gasteiger partial charge in [0.05, 0.1) is 10.9 Å². The molecule has 9 aromatic rings. The molecule has 0 atom stereocenters. The molecule has 1 aromatic heterocycles. The molecule has 0 aliphatic heterocycles. The zero-order valence-electron chi connectivity index (χ0n) is 25.7. The van der Waals surface area contributed by atoms with Crippen molar-refractivity contribution < 1.29 is 0 Å². The average Bonchev–Trinajstić information content (AvgIpc) is 3.47. The molecule has 0 fully saturated rings. The van der Waals surface area contributed by atoms with Gasteiger partial charge < -0.3 is 0 Å². The van der Waals surface area contributed by atoms with Crippen LogP contribution in [0.2, 0.25) is 0 Å². The van der Waals surface area contributed by atoms with E-state index in [9.17, 15) is 0 Å². The summed E-state index contributed by atoms with van der Waals surface area (Å²) < 4.78 is 0. The minimum absolute atomic E-state index is 0.554. The minimum atomic E-state index is -0.554. The molecule has 1 heteroatoms. The molecular formula is C46H29N. The molecule has 8 aromatic carbocycles. The Morgan fingerprint density at radius 2 is 1.00 bits per heavy atom. The van der Waals surface area contributed by atoms with Crippen molar-refractivity contribution in [3.63, 3.8) is 0 Å². The Kier molecular flexibility index (Phi) is 5.56. The van der Waals surface area contributed by atoms with E-state index < -0.39 is 5.41 Å². The predicted molar refractivity (Wildman–Crippen MR) is 197 cm³/mol. The molecule has 10 rings (SSSR count). The van der Waals surface area contributed by atoms with Crippen LogP contribution in [0, 0.1) is 0 Å². The quantitative estimate of drug-likeness (QED) is 0.185. The summed E-state index contributed by atoms with van der Waals surface area (Å²) >= 11 is 0. The van der Waals surface area contributed by atoms with Crippen LogP contribution in [-0.2, 0) is 5.41 Å². The van der Waals surface area contributed by atoms with Crippen molar-refractivity contribution >= 4 is 43.2 Å². The molecule has 0 unspecified atom stereocenters. The van der Waals surface area contributed by atoms with Crippen LogP contribution in [-0.4, -0.2) is 4.98 Å². The van der Waals surface area contributed by atoms with Crippen molar-refractivity contribution in [3.05, 3.63) is 198 Å². The van der Waals surface area contributed by atoms with E-state index >= 15 is 0 Å². The van der Waals surface area contributed by atoms with Gasteiger partial charge in [0.1, 0.15) is 0 Å². The molecular weight excluding hydrogens is 567 g/mol. The molecule has 0 bridgehead atoms. The first-order chi connectivity index (χ1) is 23.3. The Hall–Kier alpha value is -6.05. The van der Waals surface area contributed by atoms with Gasteiger partial charge in [-0.3, -0.25) is 4.98 Å². The van der Waals surface area contributed by atoms with Gasteiger partial charge in [-0.05, 0) is 89.6 Å². The Labute approximate surface area is 273 Å². The first-order valence-electron chi connectivity index (χ1n) is 16.3. The Morgan fingerprint density at radius 1 is 0.404 bits per heavy atom. The summed E-state index contributed by atoms with van der Waals surface area (Å²) in [5, 5.41) is 8.72. The fourth-order valence-electron chi connectivity index (χ4n) is 8.48. The topological polar surface area (TPSA) is 12.9 Å². The van der Waals surface area contributed by atoms with Gasteiger partial charge in [0.2, 0.25) is 0 Å². The monoisotopic (exact) mass is 595 g/mol. The number of nitrogens with zero attached hydrogens (tertiary/aromatic N) is 1. The van der Waals surface area contributed by atoms with Crippen LogP contribution in [0.15, 0.2) is 176 Å². The molecule has 0 radical (unpaired) electrons. The number of rotatable bonds is 3. The highest BCUT2D eigenvalue weighted by atomic mass is 14.7. The fraction of sp³-hybridized carbons (Fsp3) is 0.0217. The summed E-state index contributed by atoms with van der Waals surface area (Å²) in [6, 6.07) is 62.5. The lowest BCUT2D eigenvalue weighted by Gasteiger charge is -2.35. The molecule has 0 spiro atoms. The Morgan fingerprint density at radius 3 is 1.74 bits per heavy atom. The van der Waals surface area contributed by atoms with E-state index in [1.165, 1.54) is 82.2 Å². The highest BCUT2D eigenvalue weighted by Gasteiger charge is 2.48. The number of aromatic nitrogens is 1. The highest BCUT2D eigenvalue weighted by molar-refractivity contribution is 6.18. The van der Waals surface area contributed by atoms with Crippen molar-refractivity contribution in [3.8, 4) is 22.3 Å². The third-order valence-corrected chi connectivity index (χ3v) is 10.3. The Balaban J connectivity index is 1.41. The molecule has 1 aliphatic rings. The summed E-state index contributed by atoms with van der Waals surface area (Å²) in [6.07, 6.45) is 1.93. The third kappa shape index (κ3) is 3.57. The molecule has 218 valence electrons. The highest BCUT2D eigenvalue weighted by Crippen LogP contribution is 2.60. The number of hydrogen-bond acceptors (Lipinski definition) is 1. The van der Waals surface area contributed by atoms with Crippen LogP contribution in [0.25, 0.3) is 65.5 Å². The third-order valence-electron chi connectivity index (χ3n) is 10.3. The molecule has 0 saturated carbocycles. The maximum Gasteiger partial charge on any atom is 0.0784 e. The van der Waals surface area contributed by atoms with Gasteiger partial charge in [-0.15, -0.1) is 0 Å². The minimum Gasteiger partial charge on any atom is -0.256 e. The van der Waals surface area contributed by atoms with Gasteiger partial charge in [0.15, 0.2) is 0 Å². The maximum atomic E-state index is 5.03. The van der Waals surface area contributed by atoms with E-state index in [0.29, 0.717) is 0 Å². The summed E-state index contributed by atoms with van der Waals surface area (Å²) in [7, 11) is 0. The van der Waals surface area contributed by atoms with Gasteiger partial charge >= 0.3 is 0 Å². The largest absolute Gasteiger partial charge is 0.256 e. The number of benzene rings is 8. The van der Waals surface area contributed by atoms with Crippen molar-refractivity contribution in [2.75, 3.05) is 0 Å². The summed E-state index contributed by atoms with van der Waals surface area (Å²) in [6.45, 7) is 0. The summed E-state index contributed by atoms with van der Waals surface area (Å²) in [5.74, 6) is 0. The average molecular weight is 596 g/mol. The molecule has 0 saturated heterocycles. The van der Waals surface area contributed by atoms with Crippen molar-refractivity contribution in [2.45, 2.75) is 5.41 Å². The van der Waals surface area contributed by atoms with Crippen molar-refractivity contribution in [1.82, 2.24) is 4.98 Å². The van der Waals surface area contributed by atoms with Crippen molar-refractivity contribution in [1.29, 1.82) is 0 Å². The number of fused-ring (bicyclic) bond motifs is 11. The Bertz CT molecular complexity index is 2630. The van der Waals surface area contributed by atoms with Crippen LogP contribution < -0.4 is 0 Å². The van der Waals surface area contributed by atoms with Gasteiger partial charge in [0.25, 0.3) is 0 Å². The van der Waals surface area contributed by atoms with E-state index in [2.05, 4.69) is 170 Å². The number of hydrogen-bond donors (Lipinski definition) is 0. The van der Waals surface area contributed by atoms with Crippen molar-refractivity contribution in [2.24, 2.45) is 0 Å². The lowest BCUT2D eigenvalue weighted by atomic mass is 9.66. The fourth-order valence-corrected chi connectivity index (χ4v) is 8.48. The lowest BCUT2D eigenvalue weighted by Crippen LogP contribution is -2.29. The summed E-state index contributed by atoms with van der Waals surface area (Å²) in [4.78, 5) is 5.03. The van der Waals surface area contributed by atoms with E-state index in [-0.39, 0.29) is 0 Å². The van der Waals surface area contributed by atoms with E-state index in [4.69, 9.17) is 4.98 Å². The molecule has 1 heterocycles. The van der Waals surface area contributed by atoms with Crippen LogP contribution >= 0.6 is 0 Å². The van der Waals surface area contributed by atoms with E-state index in [1.54, 1.807) is 0 Å². The molecule has 0 N–H and O–H groups in total. The van der Waals surface area contributed by atoms with Crippen LogP contribution in [0.1, 0.15) is 22.3 Å². The lowest BCUT2D eigenvalue weighted by molar-refractivity contribution is 0.776. The standard InChI is InChI=1S/C46H29N/c1-3-15-32(16-4-1)46(33-17-5-2-6-18-33)42-29-31(41-28-30-14-7-8-19-34(30)35-20-9-10-21-36(35)41)25-26-39(42)43-37-22-11-12-23-38(37)45-40(44(43)46)24-13-27-47-45/h1-29H. The van der Waals surface area contributed by atoms with Gasteiger partial charge in [-0.2, -0.15) is 0 Å². The predicted octanol–water partition coefficient (Wildman–Crippen LogP) is 11.7. The van der Waals surface area contributed by atoms with E-state index in [1.807, 2.05) is 6.20 Å². The molecule has 1 aliphatic carbocycles. The van der Waals surface area contributed by atoms with E-state index in [0.717, 1.165) is 5.52 Å². The van der Waals surface area contributed by atoms with Gasteiger partial charge in [-0.1, -0.05) is 152 Å². The second-order valence-corrected chi connectivity index (χ2v) is 12.6. The number of pyridine rings is 1. The zero-order valence-corrected chi connectivity index (χ0v) is 25.7. The smallest absolute Gasteiger partial charge is 0.0784 e. The maximum absolute atomic E-state index is 5.03. The SMILES string of the molecule is c1ccc(C2(c3ccccc3)c3cc(-c4cc5ccccc5c5ccccc45)ccc3-c3c2c2cccnc2c2ccccc32)cc1. The van der Waals surface area contributed by atoms with Gasteiger partial charge in [-0.25, -0.2) is 0 Å². The second-order valence-electron chi connectivity index (χ2n) is 12.6. The first-order valence-corrected chi connectivity index (χ1v) is 16.3. The normalized spacial score (nSPS) is 13.3. The second kappa shape index (κ2) is 9.97. The van der Waals surface area contributed by atoms with Gasteiger partial charge in [0, 0.05) is 17.0 Å². The van der Waals surface area contributed by atoms with Crippen LogP contribution in [0.4, 0.5) is 0 Å². The first kappa shape index (κ1) is 26.2. The van der Waals surface area contributed by atoms with Crippen LogP contribution in [0.5, 0.6) is 0 Å². The molecule has 47 heavy (non-hydrogen) atoms.